The van der Waals surface area contributed by atoms with Gasteiger partial charge in [-0.1, -0.05) is 35.9 Å². The van der Waals surface area contributed by atoms with E-state index in [4.69, 9.17) is 0 Å². The highest BCUT2D eigenvalue weighted by Crippen LogP contribution is 2.19. The molecule has 2 rings (SSSR count). The highest BCUT2D eigenvalue weighted by molar-refractivity contribution is 5.87. The summed E-state index contributed by atoms with van der Waals surface area (Å²) in [5, 5.41) is 0. The van der Waals surface area contributed by atoms with Gasteiger partial charge in [0.25, 0.3) is 0 Å². The molecule has 0 spiro atoms. The highest BCUT2D eigenvalue weighted by Gasteiger charge is 2.06. The summed E-state index contributed by atoms with van der Waals surface area (Å²) < 4.78 is 4.60. The van der Waals surface area contributed by atoms with Crippen LogP contribution in [-0.4, -0.2) is 18.1 Å². The lowest BCUT2D eigenvalue weighted by atomic mass is 10.1. The molecule has 3 heteroatoms. The number of nitrogens with zero attached hydrogens (tertiary/aromatic N) is 1. The van der Waals surface area contributed by atoms with Crippen molar-refractivity contribution in [2.75, 3.05) is 7.11 Å². The van der Waals surface area contributed by atoms with E-state index in [0.717, 1.165) is 11.1 Å². The molecular weight excluding hydrogens is 214 g/mol. The average Bonchev–Trinajstić information content (AvgIpc) is 2.38. The van der Waals surface area contributed by atoms with Gasteiger partial charge < -0.3 is 4.74 Å². The van der Waals surface area contributed by atoms with Gasteiger partial charge >= 0.3 is 5.97 Å². The number of benzene rings is 1. The third-order valence-corrected chi connectivity index (χ3v) is 2.51. The van der Waals surface area contributed by atoms with Crippen molar-refractivity contribution in [1.29, 1.82) is 0 Å². The van der Waals surface area contributed by atoms with Crippen LogP contribution in [0.2, 0.25) is 0 Å². The Morgan fingerprint density at radius 2 is 2.00 bits per heavy atom. The van der Waals surface area contributed by atoms with Crippen LogP contribution < -0.4 is 0 Å². The van der Waals surface area contributed by atoms with Gasteiger partial charge in [-0.05, 0) is 18.6 Å². The van der Waals surface area contributed by atoms with E-state index < -0.39 is 5.97 Å². The summed E-state index contributed by atoms with van der Waals surface area (Å²) in [6, 6.07) is 11.7. The predicted octanol–water partition coefficient (Wildman–Crippen LogP) is 2.84. The van der Waals surface area contributed by atoms with Crippen LogP contribution in [0.25, 0.3) is 11.1 Å². The molecule has 2 aromatic rings. The van der Waals surface area contributed by atoms with Gasteiger partial charge in [-0.15, -0.1) is 0 Å². The zero-order valence-electron chi connectivity index (χ0n) is 9.81. The average molecular weight is 227 g/mol. The van der Waals surface area contributed by atoms with Crippen molar-refractivity contribution in [3.05, 3.63) is 53.9 Å². The second-order valence-corrected chi connectivity index (χ2v) is 3.79. The number of pyridine rings is 1. The Labute approximate surface area is 100 Å². The smallest absolute Gasteiger partial charge is 0.356 e. The van der Waals surface area contributed by atoms with Crippen LogP contribution in [0.15, 0.2) is 42.6 Å². The molecule has 1 aromatic heterocycles. The van der Waals surface area contributed by atoms with Crippen LogP contribution >= 0.6 is 0 Å². The van der Waals surface area contributed by atoms with Crippen LogP contribution in [0.1, 0.15) is 16.1 Å². The molecule has 0 saturated heterocycles. The second kappa shape index (κ2) is 4.78. The molecular formula is C14H13NO2. The van der Waals surface area contributed by atoms with Crippen LogP contribution in [0, 0.1) is 6.92 Å². The van der Waals surface area contributed by atoms with E-state index >= 15 is 0 Å². The highest BCUT2D eigenvalue weighted by atomic mass is 16.5. The number of aryl methyl sites for hydroxylation is 1. The van der Waals surface area contributed by atoms with E-state index in [2.05, 4.69) is 15.8 Å². The minimum Gasteiger partial charge on any atom is -0.464 e. The van der Waals surface area contributed by atoms with E-state index in [1.54, 1.807) is 12.3 Å². The number of aromatic nitrogens is 1. The van der Waals surface area contributed by atoms with E-state index in [-0.39, 0.29) is 0 Å². The summed E-state index contributed by atoms with van der Waals surface area (Å²) in [5.41, 5.74) is 3.60. The summed E-state index contributed by atoms with van der Waals surface area (Å²) in [6.07, 6.45) is 1.68. The van der Waals surface area contributed by atoms with Crippen LogP contribution in [0.3, 0.4) is 0 Å². The Bertz CT molecular complexity index is 532. The van der Waals surface area contributed by atoms with Crippen molar-refractivity contribution >= 4 is 5.97 Å². The first-order valence-electron chi connectivity index (χ1n) is 5.32. The van der Waals surface area contributed by atoms with Gasteiger partial charge in [0.15, 0.2) is 0 Å². The summed E-state index contributed by atoms with van der Waals surface area (Å²) in [6.45, 7) is 2.04. The Morgan fingerprint density at radius 3 is 2.59 bits per heavy atom. The molecule has 0 N–H and O–H groups in total. The van der Waals surface area contributed by atoms with E-state index in [9.17, 15) is 4.79 Å². The number of hydrogen-bond donors (Lipinski definition) is 0. The standard InChI is InChI=1S/C14H13NO2/c1-10-4-3-5-11(8-10)12-6-7-13(15-9-12)14(16)17-2/h3-9H,1-2H3. The number of carbonyl (C=O) groups excluding carboxylic acids is 1. The Morgan fingerprint density at radius 1 is 1.18 bits per heavy atom. The Kier molecular flexibility index (Phi) is 3.19. The van der Waals surface area contributed by atoms with Gasteiger partial charge in [-0.2, -0.15) is 0 Å². The fourth-order valence-corrected chi connectivity index (χ4v) is 1.61. The zero-order valence-corrected chi connectivity index (χ0v) is 9.81. The van der Waals surface area contributed by atoms with Crippen molar-refractivity contribution in [2.24, 2.45) is 0 Å². The summed E-state index contributed by atoms with van der Waals surface area (Å²) in [5.74, 6) is -0.416. The number of carbonyl (C=O) groups is 1. The minimum absolute atomic E-state index is 0.323. The number of hydrogen-bond acceptors (Lipinski definition) is 3. The lowest BCUT2D eigenvalue weighted by Gasteiger charge is -2.03. The number of esters is 1. The zero-order chi connectivity index (χ0) is 12.3. The maximum Gasteiger partial charge on any atom is 0.356 e. The topological polar surface area (TPSA) is 39.2 Å². The number of ether oxygens (including phenoxy) is 1. The van der Waals surface area contributed by atoms with Crippen LogP contribution in [0.5, 0.6) is 0 Å². The maximum absolute atomic E-state index is 11.2. The lowest BCUT2D eigenvalue weighted by molar-refractivity contribution is 0.0594. The van der Waals surface area contributed by atoms with E-state index in [1.165, 1.54) is 12.7 Å². The molecule has 1 heterocycles. The van der Waals surface area contributed by atoms with Crippen molar-refractivity contribution < 1.29 is 9.53 Å². The summed E-state index contributed by atoms with van der Waals surface area (Å²) in [7, 11) is 1.35. The third-order valence-electron chi connectivity index (χ3n) is 2.51. The normalized spacial score (nSPS) is 10.0. The molecule has 0 saturated carbocycles. The van der Waals surface area contributed by atoms with Crippen molar-refractivity contribution in [2.45, 2.75) is 6.92 Å². The summed E-state index contributed by atoms with van der Waals surface area (Å²) >= 11 is 0. The van der Waals surface area contributed by atoms with Gasteiger partial charge in [0.2, 0.25) is 0 Å². The van der Waals surface area contributed by atoms with Crippen LogP contribution in [-0.2, 0) is 4.74 Å². The van der Waals surface area contributed by atoms with Gasteiger partial charge in [0, 0.05) is 11.8 Å². The Balaban J connectivity index is 2.32. The molecule has 3 nitrogen and oxygen atoms in total. The predicted molar refractivity (Wildman–Crippen MR) is 65.7 cm³/mol. The van der Waals surface area contributed by atoms with Gasteiger partial charge in [0.1, 0.15) is 5.69 Å². The maximum atomic E-state index is 11.2. The lowest BCUT2D eigenvalue weighted by Crippen LogP contribution is -2.03. The van der Waals surface area contributed by atoms with Crippen LogP contribution in [0.4, 0.5) is 0 Å². The summed E-state index contributed by atoms with van der Waals surface area (Å²) in [4.78, 5) is 15.3. The molecule has 0 aliphatic heterocycles. The number of methoxy groups -OCH3 is 1. The molecule has 0 radical (unpaired) electrons. The first-order chi connectivity index (χ1) is 8.20. The molecule has 0 aliphatic rings. The number of rotatable bonds is 2. The van der Waals surface area contributed by atoms with Gasteiger partial charge in [-0.3, -0.25) is 0 Å². The quantitative estimate of drug-likeness (QED) is 0.740. The van der Waals surface area contributed by atoms with Gasteiger partial charge in [-0.25, -0.2) is 9.78 Å². The van der Waals surface area contributed by atoms with Gasteiger partial charge in [0.05, 0.1) is 7.11 Å². The molecule has 0 amide bonds. The van der Waals surface area contributed by atoms with Crippen molar-refractivity contribution in [3.8, 4) is 11.1 Å². The fraction of sp³-hybridized carbons (Fsp3) is 0.143. The largest absolute Gasteiger partial charge is 0.464 e. The molecule has 0 aliphatic carbocycles. The first kappa shape index (κ1) is 11.3. The molecule has 0 fully saturated rings. The molecule has 17 heavy (non-hydrogen) atoms. The molecule has 0 atom stereocenters. The molecule has 0 unspecified atom stereocenters. The fourth-order valence-electron chi connectivity index (χ4n) is 1.61. The minimum atomic E-state index is -0.416. The first-order valence-corrected chi connectivity index (χ1v) is 5.32. The van der Waals surface area contributed by atoms with Crippen molar-refractivity contribution in [3.63, 3.8) is 0 Å². The molecule has 1 aromatic carbocycles. The van der Waals surface area contributed by atoms with E-state index in [1.807, 2.05) is 31.2 Å². The second-order valence-electron chi connectivity index (χ2n) is 3.79. The molecule has 0 bridgehead atoms. The molecule has 86 valence electrons. The Hall–Kier alpha value is -2.16. The SMILES string of the molecule is COC(=O)c1ccc(-c2cccc(C)c2)cn1. The third kappa shape index (κ3) is 2.50. The monoisotopic (exact) mass is 227 g/mol. The van der Waals surface area contributed by atoms with Crippen molar-refractivity contribution in [1.82, 2.24) is 4.98 Å². The van der Waals surface area contributed by atoms with E-state index in [0.29, 0.717) is 5.69 Å².